The fourth-order valence-corrected chi connectivity index (χ4v) is 1.91. The van der Waals surface area contributed by atoms with E-state index < -0.39 is 5.92 Å². The van der Waals surface area contributed by atoms with Crippen molar-refractivity contribution in [2.75, 3.05) is 12.4 Å². The molecule has 0 heterocycles. The van der Waals surface area contributed by atoms with Gasteiger partial charge in [-0.1, -0.05) is 19.1 Å². The number of carbonyl (C=O) groups is 1. The van der Waals surface area contributed by atoms with Gasteiger partial charge in [-0.15, -0.1) is 0 Å². The van der Waals surface area contributed by atoms with Gasteiger partial charge in [0.25, 0.3) is 0 Å². The van der Waals surface area contributed by atoms with Crippen molar-refractivity contribution in [3.8, 4) is 5.75 Å². The Hall–Kier alpha value is -1.62. The minimum atomic E-state index is -0.429. The van der Waals surface area contributed by atoms with E-state index in [0.717, 1.165) is 17.0 Å². The van der Waals surface area contributed by atoms with Gasteiger partial charge in [0.15, 0.2) is 0 Å². The largest absolute Gasteiger partial charge is 0.497 e. The normalized spacial score (nSPS) is 11.7. The molecule has 0 aliphatic heterocycles. The highest BCUT2D eigenvalue weighted by Crippen LogP contribution is 2.21. The third kappa shape index (κ3) is 3.43. The lowest BCUT2D eigenvalue weighted by molar-refractivity contribution is -0.118. The highest BCUT2D eigenvalue weighted by atomic mass is 32.1. The molecule has 1 rings (SSSR count). The lowest BCUT2D eigenvalue weighted by atomic mass is 10.1. The topological polar surface area (TPSA) is 64.3 Å². The van der Waals surface area contributed by atoms with Crippen molar-refractivity contribution in [1.82, 2.24) is 0 Å². The van der Waals surface area contributed by atoms with Gasteiger partial charge in [0, 0.05) is 5.69 Å². The van der Waals surface area contributed by atoms with Gasteiger partial charge in [0.05, 0.1) is 18.0 Å². The van der Waals surface area contributed by atoms with Gasteiger partial charge >= 0.3 is 0 Å². The molecule has 0 aliphatic carbocycles. The van der Waals surface area contributed by atoms with Crippen molar-refractivity contribution in [3.05, 3.63) is 23.8 Å². The Morgan fingerprint density at radius 3 is 2.67 bits per heavy atom. The van der Waals surface area contributed by atoms with Crippen molar-refractivity contribution in [2.45, 2.75) is 20.3 Å². The number of aryl methyl sites for hydroxylation is 1. The Labute approximate surface area is 113 Å². The van der Waals surface area contributed by atoms with Crippen LogP contribution in [0.15, 0.2) is 18.2 Å². The van der Waals surface area contributed by atoms with E-state index in [1.807, 2.05) is 19.9 Å². The Morgan fingerprint density at radius 2 is 2.22 bits per heavy atom. The Bertz CT molecular complexity index is 460. The molecule has 1 aromatic carbocycles. The second-order valence-electron chi connectivity index (χ2n) is 4.03. The Morgan fingerprint density at radius 1 is 1.56 bits per heavy atom. The molecule has 0 bridgehead atoms. The van der Waals surface area contributed by atoms with Crippen LogP contribution in [0.5, 0.6) is 5.75 Å². The van der Waals surface area contributed by atoms with E-state index >= 15 is 0 Å². The van der Waals surface area contributed by atoms with Crippen molar-refractivity contribution in [2.24, 2.45) is 11.7 Å². The summed E-state index contributed by atoms with van der Waals surface area (Å²) in [6, 6.07) is 5.46. The maximum Gasteiger partial charge on any atom is 0.234 e. The molecular weight excluding hydrogens is 248 g/mol. The number of hydrogen-bond acceptors (Lipinski definition) is 3. The van der Waals surface area contributed by atoms with Crippen LogP contribution in [0.3, 0.4) is 0 Å². The lowest BCUT2D eigenvalue weighted by Gasteiger charge is -2.15. The fraction of sp³-hybridized carbons (Fsp3) is 0.385. The third-order valence-electron chi connectivity index (χ3n) is 2.76. The van der Waals surface area contributed by atoms with E-state index in [1.54, 1.807) is 19.2 Å². The predicted octanol–water partition coefficient (Wildman–Crippen LogP) is 2.25. The number of ether oxygens (including phenoxy) is 1. The van der Waals surface area contributed by atoms with Crippen LogP contribution in [0, 0.1) is 12.8 Å². The maximum absolute atomic E-state index is 12.0. The average molecular weight is 266 g/mol. The molecule has 0 aliphatic rings. The highest BCUT2D eigenvalue weighted by molar-refractivity contribution is 7.80. The van der Waals surface area contributed by atoms with Crippen LogP contribution in [0.2, 0.25) is 0 Å². The molecule has 3 N–H and O–H groups in total. The summed E-state index contributed by atoms with van der Waals surface area (Å²) in [7, 11) is 1.60. The second-order valence-corrected chi connectivity index (χ2v) is 4.50. The number of amides is 1. The molecule has 4 nitrogen and oxygen atoms in total. The minimum absolute atomic E-state index is 0.168. The summed E-state index contributed by atoms with van der Waals surface area (Å²) in [5.41, 5.74) is 7.21. The second kappa shape index (κ2) is 6.35. The molecule has 0 radical (unpaired) electrons. The zero-order valence-electron chi connectivity index (χ0n) is 10.8. The number of benzene rings is 1. The zero-order chi connectivity index (χ0) is 13.7. The molecule has 1 aromatic rings. The number of anilines is 1. The van der Waals surface area contributed by atoms with Crippen molar-refractivity contribution >= 4 is 28.8 Å². The lowest BCUT2D eigenvalue weighted by Crippen LogP contribution is -2.32. The Kier molecular flexibility index (Phi) is 5.09. The van der Waals surface area contributed by atoms with Crippen LogP contribution >= 0.6 is 12.2 Å². The monoisotopic (exact) mass is 266 g/mol. The van der Waals surface area contributed by atoms with E-state index in [4.69, 9.17) is 22.7 Å². The molecule has 0 aromatic heterocycles. The fourth-order valence-electron chi connectivity index (χ4n) is 1.64. The van der Waals surface area contributed by atoms with E-state index in [1.165, 1.54) is 0 Å². The summed E-state index contributed by atoms with van der Waals surface area (Å²) >= 11 is 4.88. The van der Waals surface area contributed by atoms with Crippen molar-refractivity contribution < 1.29 is 9.53 Å². The number of hydrogen-bond donors (Lipinski definition) is 2. The maximum atomic E-state index is 12.0. The third-order valence-corrected chi connectivity index (χ3v) is 3.04. The number of nitrogens with one attached hydrogen (secondary N) is 1. The summed E-state index contributed by atoms with van der Waals surface area (Å²) < 4.78 is 5.11. The average Bonchev–Trinajstić information content (AvgIpc) is 2.32. The predicted molar refractivity (Wildman–Crippen MR) is 76.9 cm³/mol. The number of methoxy groups -OCH3 is 1. The smallest absolute Gasteiger partial charge is 0.234 e. The minimum Gasteiger partial charge on any atom is -0.497 e. The first kappa shape index (κ1) is 14.4. The van der Waals surface area contributed by atoms with E-state index in [-0.39, 0.29) is 10.9 Å². The van der Waals surface area contributed by atoms with Gasteiger partial charge in [-0.25, -0.2) is 0 Å². The first-order valence-electron chi connectivity index (χ1n) is 5.74. The van der Waals surface area contributed by atoms with Crippen LogP contribution in [0.25, 0.3) is 0 Å². The van der Waals surface area contributed by atoms with Crippen LogP contribution in [0.1, 0.15) is 18.9 Å². The molecule has 5 heteroatoms. The van der Waals surface area contributed by atoms with E-state index in [9.17, 15) is 4.79 Å². The van der Waals surface area contributed by atoms with Gasteiger partial charge in [-0.3, -0.25) is 4.79 Å². The standard InChI is InChI=1S/C13H18N2O2S/c1-4-10(12(14)18)13(16)15-11-6-5-9(17-3)7-8(11)2/h5-7,10H,4H2,1-3H3,(H2,14,18)(H,15,16). The van der Waals surface area contributed by atoms with Crippen LogP contribution in [0.4, 0.5) is 5.69 Å². The van der Waals surface area contributed by atoms with Gasteiger partial charge in [0.2, 0.25) is 5.91 Å². The van der Waals surface area contributed by atoms with Gasteiger partial charge in [-0.2, -0.15) is 0 Å². The zero-order valence-corrected chi connectivity index (χ0v) is 11.6. The van der Waals surface area contributed by atoms with Gasteiger partial charge in [-0.05, 0) is 37.1 Å². The number of rotatable bonds is 5. The first-order chi connectivity index (χ1) is 8.49. The molecule has 0 saturated heterocycles. The highest BCUT2D eigenvalue weighted by Gasteiger charge is 2.19. The molecular formula is C13H18N2O2S. The van der Waals surface area contributed by atoms with Crippen molar-refractivity contribution in [1.29, 1.82) is 0 Å². The molecule has 0 saturated carbocycles. The van der Waals surface area contributed by atoms with E-state index in [2.05, 4.69) is 5.32 Å². The molecule has 1 amide bonds. The summed E-state index contributed by atoms with van der Waals surface area (Å²) in [6.45, 7) is 3.78. The van der Waals surface area contributed by atoms with Crippen molar-refractivity contribution in [3.63, 3.8) is 0 Å². The number of nitrogens with two attached hydrogens (primary N) is 1. The molecule has 0 spiro atoms. The summed E-state index contributed by atoms with van der Waals surface area (Å²) in [4.78, 5) is 12.2. The molecule has 0 fully saturated rings. The first-order valence-corrected chi connectivity index (χ1v) is 6.15. The SMILES string of the molecule is CCC(C(=O)Nc1ccc(OC)cc1C)C(N)=S. The van der Waals surface area contributed by atoms with E-state index in [0.29, 0.717) is 6.42 Å². The number of carbonyl (C=O) groups excluding carboxylic acids is 1. The molecule has 18 heavy (non-hydrogen) atoms. The van der Waals surface area contributed by atoms with Crippen LogP contribution in [-0.2, 0) is 4.79 Å². The quantitative estimate of drug-likeness (QED) is 0.802. The van der Waals surface area contributed by atoms with Crippen LogP contribution < -0.4 is 15.8 Å². The summed E-state index contributed by atoms with van der Waals surface area (Å²) in [5, 5.41) is 2.83. The number of thiocarbonyl (C=S) groups is 1. The van der Waals surface area contributed by atoms with Gasteiger partial charge in [0.1, 0.15) is 5.75 Å². The van der Waals surface area contributed by atoms with Gasteiger partial charge < -0.3 is 15.8 Å². The Balaban J connectivity index is 2.84. The summed E-state index contributed by atoms with van der Waals surface area (Å²) in [5.74, 6) is 0.159. The molecule has 98 valence electrons. The molecule has 1 atom stereocenters. The summed E-state index contributed by atoms with van der Waals surface area (Å²) in [6.07, 6.45) is 0.594. The van der Waals surface area contributed by atoms with Crippen LogP contribution in [-0.4, -0.2) is 18.0 Å². The molecule has 1 unspecified atom stereocenters.